The van der Waals surface area contributed by atoms with E-state index in [1.54, 1.807) is 62.4 Å². The molecule has 2 aliphatic rings. The largest absolute Gasteiger partial charge is 0.463 e. The first-order chi connectivity index (χ1) is 35.2. The molecule has 0 bridgehead atoms. The highest BCUT2D eigenvalue weighted by molar-refractivity contribution is 6.04. The predicted molar refractivity (Wildman–Crippen MR) is 270 cm³/mol. The van der Waals surface area contributed by atoms with Gasteiger partial charge in [-0.2, -0.15) is 26.3 Å². The molecule has 0 saturated heterocycles. The van der Waals surface area contributed by atoms with Gasteiger partial charge in [-0.25, -0.2) is 19.2 Å². The summed E-state index contributed by atoms with van der Waals surface area (Å²) in [6.07, 6.45) is -6.24. The van der Waals surface area contributed by atoms with Crippen molar-refractivity contribution in [3.05, 3.63) is 142 Å². The number of unbranched alkanes of at least 4 members (excludes halogenated alkanes) is 4. The SMILES string of the molecule is CCOC(=O)C1=C(C)N(c2cccc(C(F)(F)F)c2)C(=O)N(CCCCCN=C(N)NCCCCCN2C(=O)N(c3cccc(C(F)(F)F)c3)C(C)=C(C(=O)OCC)[C@H]2c2ccc(N)cc2)[C@@H]1c1ccc(N)cc1. The second-order valence-corrected chi connectivity index (χ2v) is 17.6. The molecule has 2 heterocycles. The molecule has 0 unspecified atom stereocenters. The van der Waals surface area contributed by atoms with Gasteiger partial charge in [-0.15, -0.1) is 0 Å². The summed E-state index contributed by atoms with van der Waals surface area (Å²) in [5.41, 5.74) is 18.6. The monoisotopic (exact) mass is 1030 g/mol. The molecule has 4 amide bonds. The number of nitrogens with two attached hydrogens (primary N) is 3. The topological polar surface area (TPSA) is 202 Å². The zero-order chi connectivity index (χ0) is 53.9. The van der Waals surface area contributed by atoms with E-state index in [1.165, 1.54) is 47.9 Å². The Bertz CT molecular complexity index is 2740. The summed E-state index contributed by atoms with van der Waals surface area (Å²) in [5, 5.41) is 3.08. The molecule has 2 aliphatic heterocycles. The number of benzene rings is 4. The first kappa shape index (κ1) is 55.6. The third kappa shape index (κ3) is 13.1. The van der Waals surface area contributed by atoms with Crippen molar-refractivity contribution >= 4 is 52.7 Å². The molecule has 396 valence electrons. The number of halogens is 6. The second-order valence-electron chi connectivity index (χ2n) is 17.6. The number of alkyl halides is 6. The van der Waals surface area contributed by atoms with Crippen molar-refractivity contribution in [2.75, 3.05) is 60.7 Å². The van der Waals surface area contributed by atoms with E-state index in [0.29, 0.717) is 74.1 Å². The highest BCUT2D eigenvalue weighted by Gasteiger charge is 2.45. The summed E-state index contributed by atoms with van der Waals surface area (Å²) in [6, 6.07) is 18.9. The zero-order valence-electron chi connectivity index (χ0n) is 41.6. The number of hydrogen-bond donors (Lipinski definition) is 4. The lowest BCUT2D eigenvalue weighted by atomic mass is 9.92. The van der Waals surface area contributed by atoms with Gasteiger partial charge in [0, 0.05) is 48.9 Å². The molecule has 7 N–H and O–H groups in total. The number of anilines is 4. The van der Waals surface area contributed by atoms with Crippen molar-refractivity contribution in [2.24, 2.45) is 10.7 Å². The molecule has 6 rings (SSSR count). The minimum atomic E-state index is -4.68. The predicted octanol–water partition coefficient (Wildman–Crippen LogP) is 10.5. The van der Waals surface area contributed by atoms with Crippen molar-refractivity contribution in [2.45, 2.75) is 90.7 Å². The summed E-state index contributed by atoms with van der Waals surface area (Å²) in [4.78, 5) is 65.8. The Kier molecular flexibility index (Phi) is 18.3. The normalized spacial score (nSPS) is 16.8. The number of ether oxygens (including phenoxy) is 2. The van der Waals surface area contributed by atoms with Crippen LogP contribution in [-0.2, 0) is 31.4 Å². The van der Waals surface area contributed by atoms with Gasteiger partial charge in [0.05, 0.1) is 58.9 Å². The lowest BCUT2D eigenvalue weighted by Crippen LogP contribution is -2.51. The van der Waals surface area contributed by atoms with Crippen LogP contribution in [0.5, 0.6) is 0 Å². The molecule has 74 heavy (non-hydrogen) atoms. The molecule has 4 aromatic rings. The molecule has 21 heteroatoms. The average Bonchev–Trinajstić information content (AvgIpc) is 3.35. The van der Waals surface area contributed by atoms with Gasteiger partial charge >= 0.3 is 36.4 Å². The number of allylic oxidation sites excluding steroid dienone is 2. The van der Waals surface area contributed by atoms with Gasteiger partial charge in [0.1, 0.15) is 0 Å². The van der Waals surface area contributed by atoms with Gasteiger partial charge in [0.15, 0.2) is 5.96 Å². The minimum Gasteiger partial charge on any atom is -0.463 e. The van der Waals surface area contributed by atoms with Gasteiger partial charge in [0.25, 0.3) is 0 Å². The Morgan fingerprint density at radius 1 is 0.608 bits per heavy atom. The van der Waals surface area contributed by atoms with E-state index in [4.69, 9.17) is 26.7 Å². The fraction of sp³-hybridized carbons (Fsp3) is 0.377. The van der Waals surface area contributed by atoms with E-state index >= 15 is 0 Å². The van der Waals surface area contributed by atoms with Crippen LogP contribution in [0.4, 0.5) is 58.7 Å². The quantitative estimate of drug-likeness (QED) is 0.0165. The summed E-state index contributed by atoms with van der Waals surface area (Å²) >= 11 is 0. The van der Waals surface area contributed by atoms with Gasteiger partial charge < -0.3 is 41.8 Å². The fourth-order valence-electron chi connectivity index (χ4n) is 9.03. The average molecular weight is 1030 g/mol. The summed E-state index contributed by atoms with van der Waals surface area (Å²) in [5.74, 6) is -1.26. The molecule has 4 aromatic carbocycles. The highest BCUT2D eigenvalue weighted by Crippen LogP contribution is 2.44. The highest BCUT2D eigenvalue weighted by atomic mass is 19.4. The zero-order valence-corrected chi connectivity index (χ0v) is 41.6. The Balaban J connectivity index is 1.08. The minimum absolute atomic E-state index is 0.0160. The molecule has 0 saturated carbocycles. The van der Waals surface area contributed by atoms with Crippen molar-refractivity contribution in [3.63, 3.8) is 0 Å². The molecule has 0 radical (unpaired) electrons. The van der Waals surface area contributed by atoms with E-state index in [2.05, 4.69) is 10.3 Å². The van der Waals surface area contributed by atoms with E-state index in [9.17, 15) is 45.5 Å². The van der Waals surface area contributed by atoms with Gasteiger partial charge in [-0.1, -0.05) is 36.4 Å². The lowest BCUT2D eigenvalue weighted by molar-refractivity contribution is -0.140. The number of nitrogen functional groups attached to an aromatic ring is 2. The number of esters is 2. The smallest absolute Gasteiger partial charge is 0.416 e. The second kappa shape index (κ2) is 24.3. The molecule has 0 fully saturated rings. The first-order valence-corrected chi connectivity index (χ1v) is 24.2. The molecule has 0 spiro atoms. The van der Waals surface area contributed by atoms with Crippen LogP contribution in [0, 0.1) is 0 Å². The molecule has 0 aliphatic carbocycles. The van der Waals surface area contributed by atoms with Crippen LogP contribution < -0.4 is 32.3 Å². The summed E-state index contributed by atoms with van der Waals surface area (Å²) < 4.78 is 94.0. The maximum atomic E-state index is 14.4. The van der Waals surface area contributed by atoms with E-state index in [1.807, 2.05) is 0 Å². The van der Waals surface area contributed by atoms with Gasteiger partial charge in [-0.05, 0) is 138 Å². The van der Waals surface area contributed by atoms with Crippen molar-refractivity contribution < 1.29 is 55.0 Å². The van der Waals surface area contributed by atoms with Crippen molar-refractivity contribution in [1.82, 2.24) is 15.1 Å². The Labute approximate surface area is 425 Å². The number of carbonyl (C=O) groups excluding carboxylic acids is 4. The van der Waals surface area contributed by atoms with Gasteiger partial charge in [0.2, 0.25) is 0 Å². The Morgan fingerprint density at radius 2 is 1.01 bits per heavy atom. The number of amides is 4. The number of rotatable bonds is 20. The van der Waals surface area contributed by atoms with E-state index in [0.717, 1.165) is 34.1 Å². The standard InChI is InChI=1S/C53H61F6N9O6/c1-5-73-47(69)43-33(3)67(41-17-13-15-37(31-41)52(54,55)56)50(71)65(45(43)35-19-23-39(60)24-20-35)29-11-7-9-27-63-49(62)64-28-10-8-12-30-66-46(36-21-25-40(61)26-22-36)44(48(70)74-6-2)34(4)68(51(66)72)42-18-14-16-38(32-42)53(57,58)59/h13-26,31-32,45-46H,5-12,27-30,60-61H2,1-4H3,(H3,62,63,64)/t45-,46-/m1/s1. The summed E-state index contributed by atoms with van der Waals surface area (Å²) in [7, 11) is 0. The summed E-state index contributed by atoms with van der Waals surface area (Å²) in [6.45, 7) is 7.27. The van der Waals surface area contributed by atoms with E-state index < -0.39 is 59.6 Å². The van der Waals surface area contributed by atoms with Crippen molar-refractivity contribution in [3.8, 4) is 0 Å². The number of hydrogen-bond acceptors (Lipinski definition) is 9. The molecule has 2 atom stereocenters. The van der Waals surface area contributed by atoms with Crippen molar-refractivity contribution in [1.29, 1.82) is 0 Å². The van der Waals surface area contributed by atoms with Crippen LogP contribution in [0.2, 0.25) is 0 Å². The number of aliphatic imine (C=N–C) groups is 1. The van der Waals surface area contributed by atoms with Crippen LogP contribution >= 0.6 is 0 Å². The fourth-order valence-corrected chi connectivity index (χ4v) is 9.03. The molecular weight excluding hydrogens is 973 g/mol. The molecule has 0 aromatic heterocycles. The number of nitrogens with one attached hydrogen (secondary N) is 1. The third-order valence-electron chi connectivity index (χ3n) is 12.6. The molecular formula is C53H61F6N9O6. The van der Waals surface area contributed by atoms with Crippen LogP contribution in [-0.4, -0.2) is 79.2 Å². The Morgan fingerprint density at radius 3 is 1.41 bits per heavy atom. The maximum Gasteiger partial charge on any atom is 0.416 e. The number of carbonyl (C=O) groups is 4. The number of urea groups is 2. The van der Waals surface area contributed by atoms with Crippen LogP contribution in [0.3, 0.4) is 0 Å². The van der Waals surface area contributed by atoms with E-state index in [-0.39, 0.29) is 66.2 Å². The van der Waals surface area contributed by atoms with Crippen LogP contribution in [0.1, 0.15) is 101 Å². The third-order valence-corrected chi connectivity index (χ3v) is 12.6. The maximum absolute atomic E-state index is 14.4. The van der Waals surface area contributed by atoms with Crippen LogP contribution in [0.15, 0.2) is 125 Å². The van der Waals surface area contributed by atoms with Crippen LogP contribution in [0.25, 0.3) is 0 Å². The lowest BCUT2D eigenvalue weighted by Gasteiger charge is -2.43. The van der Waals surface area contributed by atoms with Gasteiger partial charge in [-0.3, -0.25) is 14.8 Å². The Hall–Kier alpha value is -7.71. The molecule has 15 nitrogen and oxygen atoms in total. The number of nitrogens with zero attached hydrogens (tertiary/aromatic N) is 5. The number of guanidine groups is 1. The first-order valence-electron chi connectivity index (χ1n) is 24.2.